The molecule has 0 amide bonds. The van der Waals surface area contributed by atoms with Crippen molar-refractivity contribution in [2.75, 3.05) is 0 Å². The first kappa shape index (κ1) is 12.8. The maximum atomic E-state index is 11.7. The molecule has 0 spiro atoms. The van der Waals surface area contributed by atoms with E-state index in [1.807, 2.05) is 37.3 Å². The Balaban J connectivity index is 2.06. The second-order valence-electron chi connectivity index (χ2n) is 4.14. The summed E-state index contributed by atoms with van der Waals surface area (Å²) in [6.07, 6.45) is 0. The van der Waals surface area contributed by atoms with E-state index < -0.39 is 5.97 Å². The molecule has 0 aliphatic heterocycles. The molecule has 4 nitrogen and oxygen atoms in total. The minimum absolute atomic E-state index is 0.296. The highest BCUT2D eigenvalue weighted by molar-refractivity contribution is 5.93. The second-order valence-corrected chi connectivity index (χ2v) is 4.14. The molecule has 3 N–H and O–H groups in total. The number of carbonyl (C=O) groups is 1. The molecule has 96 valence electrons. The molecule has 4 heteroatoms. The van der Waals surface area contributed by atoms with Crippen LogP contribution in [0.5, 0.6) is 0 Å². The molecule has 0 atom stereocenters. The zero-order chi connectivity index (χ0) is 13.7. The van der Waals surface area contributed by atoms with Gasteiger partial charge >= 0.3 is 11.8 Å². The number of nitrogen functional groups attached to an aromatic ring is 1. The Morgan fingerprint density at radius 1 is 1.00 bits per heavy atom. The summed E-state index contributed by atoms with van der Waals surface area (Å²) in [6, 6.07) is 16.3. The van der Waals surface area contributed by atoms with Crippen LogP contribution in [0, 0.1) is 6.92 Å². The molecule has 0 bridgehead atoms. The van der Waals surface area contributed by atoms with Gasteiger partial charge in [0, 0.05) is 0 Å². The Kier molecular flexibility index (Phi) is 3.93. The number of hydrogen-bond donors (Lipinski definition) is 2. The van der Waals surface area contributed by atoms with Crippen molar-refractivity contribution in [1.82, 2.24) is 0 Å². The average Bonchev–Trinajstić information content (AvgIpc) is 2.46. The molecule has 0 fully saturated rings. The van der Waals surface area contributed by atoms with Crippen LogP contribution in [0.2, 0.25) is 0 Å². The van der Waals surface area contributed by atoms with Gasteiger partial charge in [0.25, 0.3) is 0 Å². The first-order valence-electron chi connectivity index (χ1n) is 5.88. The summed E-state index contributed by atoms with van der Waals surface area (Å²) >= 11 is 0. The molecule has 0 radical (unpaired) electrons. The molecule has 0 aliphatic carbocycles. The Morgan fingerprint density at radius 3 is 2.26 bits per heavy atom. The Labute approximate surface area is 111 Å². The Bertz CT molecular complexity index is 589. The van der Waals surface area contributed by atoms with E-state index in [9.17, 15) is 4.79 Å². The summed E-state index contributed by atoms with van der Waals surface area (Å²) < 4.78 is 0. The summed E-state index contributed by atoms with van der Waals surface area (Å²) in [6.45, 7) is 1.99. The number of amidine groups is 1. The third-order valence-electron chi connectivity index (χ3n) is 2.63. The molecular formula is C15H15N2O2+. The summed E-state index contributed by atoms with van der Waals surface area (Å²) in [5, 5.41) is 2.46. The van der Waals surface area contributed by atoms with Gasteiger partial charge in [0.1, 0.15) is 0 Å². The van der Waals surface area contributed by atoms with E-state index in [0.717, 1.165) is 11.1 Å². The van der Waals surface area contributed by atoms with E-state index >= 15 is 0 Å². The minimum atomic E-state index is -0.476. The standard InChI is InChI=1S/C15H14N2O2/c1-11-7-9-12(10-8-11)14(16)17-19-15(18)13-5-3-2-4-6-13/h2-10H,1H3,(H2,16,17)/p+1. The van der Waals surface area contributed by atoms with Crippen LogP contribution in [0.15, 0.2) is 54.6 Å². The van der Waals surface area contributed by atoms with Gasteiger partial charge in [-0.1, -0.05) is 41.1 Å². The number of nitrogens with one attached hydrogen (secondary N) is 1. The van der Waals surface area contributed by atoms with Crippen LogP contribution in [0.25, 0.3) is 0 Å². The van der Waals surface area contributed by atoms with E-state index in [2.05, 4.69) is 5.16 Å². The van der Waals surface area contributed by atoms with Crippen LogP contribution in [-0.4, -0.2) is 11.8 Å². The van der Waals surface area contributed by atoms with Crippen LogP contribution in [0.4, 0.5) is 0 Å². The maximum absolute atomic E-state index is 11.7. The Morgan fingerprint density at radius 2 is 1.63 bits per heavy atom. The highest BCUT2D eigenvalue weighted by Gasteiger charge is 2.09. The minimum Gasteiger partial charge on any atom is -0.284 e. The van der Waals surface area contributed by atoms with Crippen molar-refractivity contribution in [3.8, 4) is 0 Å². The number of nitrogens with two attached hydrogens (primary N) is 1. The average molecular weight is 255 g/mol. The monoisotopic (exact) mass is 255 g/mol. The number of aryl methyl sites for hydroxylation is 1. The predicted molar refractivity (Wildman–Crippen MR) is 72.3 cm³/mol. The van der Waals surface area contributed by atoms with Gasteiger partial charge in [-0.2, -0.15) is 0 Å². The Hall–Kier alpha value is -2.62. The van der Waals surface area contributed by atoms with Crippen molar-refractivity contribution < 1.29 is 14.8 Å². The molecular weight excluding hydrogens is 240 g/mol. The third-order valence-corrected chi connectivity index (χ3v) is 2.63. The lowest BCUT2D eigenvalue weighted by atomic mass is 10.1. The third kappa shape index (κ3) is 3.42. The zero-order valence-electron chi connectivity index (χ0n) is 10.6. The highest BCUT2D eigenvalue weighted by Crippen LogP contribution is 2.01. The molecule has 0 aromatic heterocycles. The quantitative estimate of drug-likeness (QED) is 0.364. The molecule has 19 heavy (non-hydrogen) atoms. The highest BCUT2D eigenvalue weighted by atomic mass is 16.7. The summed E-state index contributed by atoms with van der Waals surface area (Å²) in [4.78, 5) is 16.6. The lowest BCUT2D eigenvalue weighted by Gasteiger charge is -1.98. The van der Waals surface area contributed by atoms with Crippen LogP contribution in [0.1, 0.15) is 21.5 Å². The molecule has 2 aromatic carbocycles. The molecule has 0 saturated heterocycles. The van der Waals surface area contributed by atoms with Gasteiger partial charge in [0.2, 0.25) is 0 Å². The molecule has 0 heterocycles. The van der Waals surface area contributed by atoms with Gasteiger partial charge in [0.15, 0.2) is 0 Å². The fraction of sp³-hybridized carbons (Fsp3) is 0.0667. The van der Waals surface area contributed by atoms with Crippen molar-refractivity contribution >= 4 is 11.8 Å². The fourth-order valence-electron chi connectivity index (χ4n) is 1.53. The largest absolute Gasteiger partial charge is 0.387 e. The number of hydrogen-bond acceptors (Lipinski definition) is 2. The van der Waals surface area contributed by atoms with Crippen LogP contribution < -0.4 is 10.9 Å². The van der Waals surface area contributed by atoms with Crippen LogP contribution in [-0.2, 0) is 4.84 Å². The van der Waals surface area contributed by atoms with E-state index in [4.69, 9.17) is 10.6 Å². The summed E-state index contributed by atoms with van der Waals surface area (Å²) in [7, 11) is 0. The molecule has 0 unspecified atom stereocenters. The predicted octanol–water partition coefficient (Wildman–Crippen LogP) is 0.553. The van der Waals surface area contributed by atoms with E-state index in [1.54, 1.807) is 24.3 Å². The topological polar surface area (TPSA) is 66.3 Å². The van der Waals surface area contributed by atoms with E-state index in [-0.39, 0.29) is 0 Å². The van der Waals surface area contributed by atoms with Gasteiger partial charge in [-0.3, -0.25) is 10.6 Å². The van der Waals surface area contributed by atoms with E-state index in [1.165, 1.54) is 0 Å². The number of carbonyl (C=O) groups excluding carboxylic acids is 1. The van der Waals surface area contributed by atoms with Gasteiger partial charge in [-0.25, -0.2) is 4.79 Å². The van der Waals surface area contributed by atoms with Crippen molar-refractivity contribution in [2.45, 2.75) is 6.92 Å². The van der Waals surface area contributed by atoms with Crippen molar-refractivity contribution in [1.29, 1.82) is 0 Å². The maximum Gasteiger partial charge on any atom is 0.387 e. The SMILES string of the molecule is Cc1ccc(C(N)=[NH+]OC(=O)c2ccccc2)cc1. The fourth-order valence-corrected chi connectivity index (χ4v) is 1.53. The lowest BCUT2D eigenvalue weighted by molar-refractivity contribution is -0.721. The van der Waals surface area contributed by atoms with Crippen LogP contribution in [0.3, 0.4) is 0 Å². The molecule has 2 aromatic rings. The van der Waals surface area contributed by atoms with Crippen LogP contribution >= 0.6 is 0 Å². The van der Waals surface area contributed by atoms with Crippen molar-refractivity contribution in [3.63, 3.8) is 0 Å². The van der Waals surface area contributed by atoms with Crippen molar-refractivity contribution in [2.24, 2.45) is 5.73 Å². The van der Waals surface area contributed by atoms with Gasteiger partial charge in [-0.15, -0.1) is 0 Å². The lowest BCUT2D eigenvalue weighted by Crippen LogP contribution is -2.75. The first-order valence-corrected chi connectivity index (χ1v) is 5.88. The summed E-state index contributed by atoms with van der Waals surface area (Å²) in [5.74, 6) is -0.181. The normalized spacial score (nSPS) is 11.1. The number of benzene rings is 2. The van der Waals surface area contributed by atoms with E-state index in [0.29, 0.717) is 11.4 Å². The van der Waals surface area contributed by atoms with Crippen molar-refractivity contribution in [3.05, 3.63) is 71.3 Å². The smallest absolute Gasteiger partial charge is 0.284 e. The number of rotatable bonds is 3. The van der Waals surface area contributed by atoms with Gasteiger partial charge < -0.3 is 0 Å². The van der Waals surface area contributed by atoms with Gasteiger partial charge in [0.05, 0.1) is 11.1 Å². The summed E-state index contributed by atoms with van der Waals surface area (Å²) in [5.41, 5.74) is 8.17. The first-order chi connectivity index (χ1) is 9.16. The molecule has 0 aliphatic rings. The van der Waals surface area contributed by atoms with Gasteiger partial charge in [-0.05, 0) is 31.2 Å². The molecule has 0 saturated carbocycles. The molecule has 2 rings (SSSR count). The zero-order valence-corrected chi connectivity index (χ0v) is 10.6. The second kappa shape index (κ2) is 5.82.